The SMILES string of the molecule is O=C1CCc2ccc(Oc3ccc(N(O)C(=O)Nc4ccccc4)cc3)cc21. The van der Waals surface area contributed by atoms with Crippen LogP contribution in [0.15, 0.2) is 72.8 Å². The number of hydrogen-bond donors (Lipinski definition) is 2. The molecule has 0 aromatic heterocycles. The molecule has 0 fully saturated rings. The number of fused-ring (bicyclic) bond motifs is 1. The van der Waals surface area contributed by atoms with E-state index in [-0.39, 0.29) is 5.78 Å². The van der Waals surface area contributed by atoms with E-state index < -0.39 is 6.03 Å². The summed E-state index contributed by atoms with van der Waals surface area (Å²) in [6.45, 7) is 0. The zero-order valence-corrected chi connectivity index (χ0v) is 15.0. The summed E-state index contributed by atoms with van der Waals surface area (Å²) in [5.74, 6) is 1.24. The number of anilines is 2. The van der Waals surface area contributed by atoms with Crippen molar-refractivity contribution in [1.82, 2.24) is 0 Å². The third-order valence-electron chi connectivity index (χ3n) is 4.54. The van der Waals surface area contributed by atoms with Crippen molar-refractivity contribution in [3.63, 3.8) is 0 Å². The van der Waals surface area contributed by atoms with E-state index in [1.165, 1.54) is 0 Å². The number of urea groups is 1. The molecule has 3 aromatic rings. The first kappa shape index (κ1) is 17.8. The normalized spacial score (nSPS) is 12.4. The van der Waals surface area contributed by atoms with Gasteiger partial charge in [-0.25, -0.2) is 4.79 Å². The minimum atomic E-state index is -0.669. The molecule has 0 aliphatic heterocycles. The van der Waals surface area contributed by atoms with E-state index in [0.29, 0.717) is 39.9 Å². The van der Waals surface area contributed by atoms with Crippen molar-refractivity contribution in [3.8, 4) is 11.5 Å². The van der Waals surface area contributed by atoms with Gasteiger partial charge >= 0.3 is 6.03 Å². The lowest BCUT2D eigenvalue weighted by Gasteiger charge is -2.16. The zero-order chi connectivity index (χ0) is 19.5. The number of Topliss-reactive ketones (excluding diaryl/α,β-unsaturated/α-hetero) is 1. The fourth-order valence-electron chi connectivity index (χ4n) is 3.09. The van der Waals surface area contributed by atoms with Crippen LogP contribution in [-0.2, 0) is 6.42 Å². The van der Waals surface area contributed by atoms with Crippen LogP contribution in [0.3, 0.4) is 0 Å². The standard InChI is InChI=1S/C22H18N2O4/c25-21-13-7-15-6-10-19(14-20(15)21)28-18-11-8-17(9-12-18)24(27)22(26)23-16-4-2-1-3-5-16/h1-6,8-12,14,27H,7,13H2,(H,23,26). The first-order valence-electron chi connectivity index (χ1n) is 8.89. The Bertz CT molecular complexity index is 1020. The molecule has 0 spiro atoms. The summed E-state index contributed by atoms with van der Waals surface area (Å²) in [4.78, 5) is 24.0. The van der Waals surface area contributed by atoms with Gasteiger partial charge < -0.3 is 10.1 Å². The predicted octanol–water partition coefficient (Wildman–Crippen LogP) is 5.04. The molecular weight excluding hydrogens is 356 g/mol. The number of para-hydroxylation sites is 1. The summed E-state index contributed by atoms with van der Waals surface area (Å²) in [7, 11) is 0. The summed E-state index contributed by atoms with van der Waals surface area (Å²) in [5.41, 5.74) is 2.64. The summed E-state index contributed by atoms with van der Waals surface area (Å²) >= 11 is 0. The average molecular weight is 374 g/mol. The van der Waals surface area contributed by atoms with Gasteiger partial charge in [-0.05, 0) is 60.5 Å². The highest BCUT2D eigenvalue weighted by molar-refractivity contribution is 6.01. The minimum absolute atomic E-state index is 0.135. The van der Waals surface area contributed by atoms with Crippen LogP contribution in [0.4, 0.5) is 16.2 Å². The fourth-order valence-corrected chi connectivity index (χ4v) is 3.09. The lowest BCUT2D eigenvalue weighted by atomic mass is 10.1. The maximum atomic E-state index is 12.1. The number of carbonyl (C=O) groups excluding carboxylic acids is 2. The number of hydroxylamine groups is 1. The van der Waals surface area contributed by atoms with Gasteiger partial charge in [0.2, 0.25) is 0 Å². The molecule has 3 aromatic carbocycles. The Morgan fingerprint density at radius 3 is 2.39 bits per heavy atom. The van der Waals surface area contributed by atoms with Gasteiger partial charge in [0, 0.05) is 17.7 Å². The van der Waals surface area contributed by atoms with Gasteiger partial charge in [0.1, 0.15) is 11.5 Å². The summed E-state index contributed by atoms with van der Waals surface area (Å²) < 4.78 is 5.79. The summed E-state index contributed by atoms with van der Waals surface area (Å²) in [5, 5.41) is 13.2. The van der Waals surface area contributed by atoms with Gasteiger partial charge in [-0.1, -0.05) is 24.3 Å². The fraction of sp³-hybridized carbons (Fsp3) is 0.0909. The number of ketones is 1. The highest BCUT2D eigenvalue weighted by Gasteiger charge is 2.20. The van der Waals surface area contributed by atoms with Crippen molar-refractivity contribution in [3.05, 3.63) is 83.9 Å². The number of amides is 2. The van der Waals surface area contributed by atoms with E-state index in [9.17, 15) is 14.8 Å². The predicted molar refractivity (Wildman–Crippen MR) is 105 cm³/mol. The van der Waals surface area contributed by atoms with E-state index >= 15 is 0 Å². The van der Waals surface area contributed by atoms with Crippen LogP contribution in [0.1, 0.15) is 22.3 Å². The monoisotopic (exact) mass is 374 g/mol. The second-order valence-electron chi connectivity index (χ2n) is 6.45. The zero-order valence-electron chi connectivity index (χ0n) is 15.0. The molecule has 0 heterocycles. The molecule has 0 saturated carbocycles. The van der Waals surface area contributed by atoms with Gasteiger partial charge in [0.05, 0.1) is 5.69 Å². The van der Waals surface area contributed by atoms with E-state index in [1.54, 1.807) is 54.6 Å². The maximum absolute atomic E-state index is 12.1. The third kappa shape index (κ3) is 3.72. The van der Waals surface area contributed by atoms with Gasteiger partial charge in [-0.2, -0.15) is 5.06 Å². The van der Waals surface area contributed by atoms with Crippen molar-refractivity contribution in [1.29, 1.82) is 0 Å². The molecule has 2 amide bonds. The van der Waals surface area contributed by atoms with Crippen molar-refractivity contribution < 1.29 is 19.5 Å². The number of carbonyl (C=O) groups is 2. The van der Waals surface area contributed by atoms with Crippen LogP contribution in [0.5, 0.6) is 11.5 Å². The van der Waals surface area contributed by atoms with Crippen LogP contribution in [-0.4, -0.2) is 17.0 Å². The number of rotatable bonds is 4. The summed E-state index contributed by atoms with van der Waals surface area (Å²) in [6, 6.07) is 20.1. The van der Waals surface area contributed by atoms with Gasteiger partial charge in [-0.3, -0.25) is 10.0 Å². The number of nitrogens with one attached hydrogen (secondary N) is 1. The lowest BCUT2D eigenvalue weighted by Crippen LogP contribution is -2.31. The number of aryl methyl sites for hydroxylation is 1. The van der Waals surface area contributed by atoms with Crippen LogP contribution in [0.2, 0.25) is 0 Å². The Balaban J connectivity index is 1.43. The Kier molecular flexibility index (Phi) is 4.78. The molecule has 6 heteroatoms. The molecule has 28 heavy (non-hydrogen) atoms. The van der Waals surface area contributed by atoms with Gasteiger partial charge in [0.25, 0.3) is 0 Å². The quantitative estimate of drug-likeness (QED) is 0.496. The first-order valence-corrected chi connectivity index (χ1v) is 8.89. The van der Waals surface area contributed by atoms with Crippen LogP contribution in [0, 0.1) is 0 Å². The molecule has 0 radical (unpaired) electrons. The van der Waals surface area contributed by atoms with Gasteiger partial charge in [-0.15, -0.1) is 0 Å². The van der Waals surface area contributed by atoms with Crippen LogP contribution >= 0.6 is 0 Å². The molecule has 0 atom stereocenters. The van der Waals surface area contributed by atoms with Crippen LogP contribution in [0.25, 0.3) is 0 Å². The topological polar surface area (TPSA) is 78.9 Å². The van der Waals surface area contributed by atoms with Gasteiger partial charge in [0.15, 0.2) is 5.78 Å². The second-order valence-corrected chi connectivity index (χ2v) is 6.45. The number of benzene rings is 3. The Morgan fingerprint density at radius 1 is 0.929 bits per heavy atom. The van der Waals surface area contributed by atoms with E-state index in [2.05, 4.69) is 5.32 Å². The van der Waals surface area contributed by atoms with E-state index in [0.717, 1.165) is 12.0 Å². The number of ether oxygens (including phenoxy) is 1. The largest absolute Gasteiger partial charge is 0.457 e. The highest BCUT2D eigenvalue weighted by atomic mass is 16.5. The molecule has 0 saturated heterocycles. The van der Waals surface area contributed by atoms with Crippen LogP contribution < -0.4 is 15.1 Å². The van der Waals surface area contributed by atoms with Crippen molar-refractivity contribution >= 4 is 23.2 Å². The molecule has 1 aliphatic rings. The lowest BCUT2D eigenvalue weighted by molar-refractivity contribution is 0.0994. The molecule has 4 rings (SSSR count). The molecule has 0 unspecified atom stereocenters. The molecular formula is C22H18N2O4. The van der Waals surface area contributed by atoms with Crippen molar-refractivity contribution in [2.24, 2.45) is 0 Å². The number of hydrogen-bond acceptors (Lipinski definition) is 4. The first-order chi connectivity index (χ1) is 13.6. The highest BCUT2D eigenvalue weighted by Crippen LogP contribution is 2.29. The Labute approximate surface area is 161 Å². The van der Waals surface area contributed by atoms with E-state index in [1.807, 2.05) is 18.2 Å². The molecule has 0 bridgehead atoms. The Morgan fingerprint density at radius 2 is 1.64 bits per heavy atom. The average Bonchev–Trinajstić information content (AvgIpc) is 3.09. The second kappa shape index (κ2) is 7.54. The van der Waals surface area contributed by atoms with E-state index in [4.69, 9.17) is 4.74 Å². The minimum Gasteiger partial charge on any atom is -0.457 e. The molecule has 2 N–H and O–H groups in total. The number of nitrogens with zero attached hydrogens (tertiary/aromatic N) is 1. The van der Waals surface area contributed by atoms with Crippen molar-refractivity contribution in [2.45, 2.75) is 12.8 Å². The molecule has 140 valence electrons. The van der Waals surface area contributed by atoms with Crippen molar-refractivity contribution in [2.75, 3.05) is 10.4 Å². The molecule has 1 aliphatic carbocycles. The summed E-state index contributed by atoms with van der Waals surface area (Å²) in [6.07, 6.45) is 1.32. The maximum Gasteiger partial charge on any atom is 0.350 e. The third-order valence-corrected chi connectivity index (χ3v) is 4.54. The molecule has 6 nitrogen and oxygen atoms in total. The smallest absolute Gasteiger partial charge is 0.350 e. The Hall–Kier alpha value is -3.64.